The van der Waals surface area contributed by atoms with Crippen molar-refractivity contribution in [3.05, 3.63) is 33.7 Å². The van der Waals surface area contributed by atoms with E-state index >= 15 is 0 Å². The van der Waals surface area contributed by atoms with Crippen LogP contribution in [0.4, 0.5) is 5.82 Å². The Morgan fingerprint density at radius 1 is 1.35 bits per heavy atom. The van der Waals surface area contributed by atoms with Crippen LogP contribution in [0, 0.1) is 6.92 Å². The van der Waals surface area contributed by atoms with Crippen molar-refractivity contribution in [2.45, 2.75) is 45.6 Å². The molecule has 0 aliphatic carbocycles. The summed E-state index contributed by atoms with van der Waals surface area (Å²) < 4.78 is 5.49. The second-order valence-corrected chi connectivity index (χ2v) is 7.34. The summed E-state index contributed by atoms with van der Waals surface area (Å²) in [4.78, 5) is 16.1. The van der Waals surface area contributed by atoms with Crippen LogP contribution in [-0.4, -0.2) is 35.2 Å². The third-order valence-corrected chi connectivity index (χ3v) is 5.24. The van der Waals surface area contributed by atoms with E-state index in [1.165, 1.54) is 5.01 Å². The minimum absolute atomic E-state index is 0.399. The lowest BCUT2D eigenvalue weighted by Gasteiger charge is -2.19. The molecular formula is C17H24N4OS. The standard InChI is InChI=1S/C17H24N4OS/c1-11(2)17-20-14(10-23-17)8-21(4)16-7-15(18-12(3)19-16)13-5-6-22-9-13/h7,10-11,13H,5-6,8-9H2,1-4H3. The van der Waals surface area contributed by atoms with Crippen LogP contribution in [-0.2, 0) is 11.3 Å². The second kappa shape index (κ2) is 6.93. The Balaban J connectivity index is 1.76. The normalized spacial score (nSPS) is 17.9. The van der Waals surface area contributed by atoms with Gasteiger partial charge in [0.1, 0.15) is 11.6 Å². The Hall–Kier alpha value is -1.53. The van der Waals surface area contributed by atoms with E-state index in [1.807, 2.05) is 6.92 Å². The minimum Gasteiger partial charge on any atom is -0.381 e. The Bertz CT molecular complexity index is 664. The van der Waals surface area contributed by atoms with Gasteiger partial charge in [0.05, 0.1) is 29.5 Å². The number of aromatic nitrogens is 3. The van der Waals surface area contributed by atoms with Gasteiger partial charge in [-0.25, -0.2) is 15.0 Å². The van der Waals surface area contributed by atoms with E-state index < -0.39 is 0 Å². The molecule has 0 spiro atoms. The maximum atomic E-state index is 5.49. The van der Waals surface area contributed by atoms with Gasteiger partial charge >= 0.3 is 0 Å². The molecule has 0 N–H and O–H groups in total. The van der Waals surface area contributed by atoms with Crippen molar-refractivity contribution >= 4 is 17.2 Å². The molecule has 1 fully saturated rings. The molecule has 1 saturated heterocycles. The Labute approximate surface area is 141 Å². The highest BCUT2D eigenvalue weighted by Gasteiger charge is 2.21. The fourth-order valence-corrected chi connectivity index (χ4v) is 3.56. The molecule has 2 aromatic rings. The lowest BCUT2D eigenvalue weighted by atomic mass is 10.0. The molecule has 0 bridgehead atoms. The smallest absolute Gasteiger partial charge is 0.132 e. The number of ether oxygens (including phenoxy) is 1. The SMILES string of the molecule is Cc1nc(C2CCOC2)cc(N(C)Cc2csc(C(C)C)n2)n1. The molecule has 3 heterocycles. The highest BCUT2D eigenvalue weighted by molar-refractivity contribution is 7.09. The molecular weight excluding hydrogens is 308 g/mol. The number of anilines is 1. The molecule has 6 heteroatoms. The lowest BCUT2D eigenvalue weighted by molar-refractivity contribution is 0.193. The zero-order valence-corrected chi connectivity index (χ0v) is 15.1. The predicted octanol–water partition coefficient (Wildman–Crippen LogP) is 3.51. The van der Waals surface area contributed by atoms with Crippen molar-refractivity contribution < 1.29 is 4.74 Å². The second-order valence-electron chi connectivity index (χ2n) is 6.45. The first-order valence-corrected chi connectivity index (χ1v) is 8.99. The molecule has 0 radical (unpaired) electrons. The van der Waals surface area contributed by atoms with Gasteiger partial charge in [0.15, 0.2) is 0 Å². The lowest BCUT2D eigenvalue weighted by Crippen LogP contribution is -2.19. The summed E-state index contributed by atoms with van der Waals surface area (Å²) in [6.07, 6.45) is 1.05. The molecule has 3 rings (SSSR count). The van der Waals surface area contributed by atoms with E-state index in [1.54, 1.807) is 11.3 Å². The largest absolute Gasteiger partial charge is 0.381 e. The monoisotopic (exact) mass is 332 g/mol. The topological polar surface area (TPSA) is 51.1 Å². The molecule has 5 nitrogen and oxygen atoms in total. The molecule has 23 heavy (non-hydrogen) atoms. The number of rotatable bonds is 5. The van der Waals surface area contributed by atoms with Crippen LogP contribution in [0.2, 0.25) is 0 Å². The molecule has 0 amide bonds. The third kappa shape index (κ3) is 3.87. The average Bonchev–Trinajstić information content (AvgIpc) is 3.18. The Morgan fingerprint density at radius 3 is 2.83 bits per heavy atom. The molecule has 1 aliphatic heterocycles. The summed E-state index contributed by atoms with van der Waals surface area (Å²) in [5.41, 5.74) is 2.20. The molecule has 2 aromatic heterocycles. The number of hydrogen-bond donors (Lipinski definition) is 0. The minimum atomic E-state index is 0.399. The fraction of sp³-hybridized carbons (Fsp3) is 0.588. The van der Waals surface area contributed by atoms with Crippen molar-refractivity contribution in [1.82, 2.24) is 15.0 Å². The van der Waals surface area contributed by atoms with Gasteiger partial charge in [-0.2, -0.15) is 0 Å². The average molecular weight is 332 g/mol. The molecule has 1 aliphatic rings. The zero-order chi connectivity index (χ0) is 16.4. The highest BCUT2D eigenvalue weighted by Crippen LogP contribution is 2.26. The molecule has 1 atom stereocenters. The molecule has 0 aromatic carbocycles. The van der Waals surface area contributed by atoms with Gasteiger partial charge in [-0.1, -0.05) is 13.8 Å². The Kier molecular flexibility index (Phi) is 4.92. The summed E-state index contributed by atoms with van der Waals surface area (Å²) in [5, 5.41) is 3.34. The third-order valence-electron chi connectivity index (χ3n) is 4.05. The van der Waals surface area contributed by atoms with Crippen LogP contribution in [0.5, 0.6) is 0 Å². The van der Waals surface area contributed by atoms with Gasteiger partial charge in [-0.15, -0.1) is 11.3 Å². The Morgan fingerprint density at radius 2 is 2.17 bits per heavy atom. The summed E-state index contributed by atoms with van der Waals surface area (Å²) in [6.45, 7) is 8.67. The maximum Gasteiger partial charge on any atom is 0.132 e. The number of nitrogens with zero attached hydrogens (tertiary/aromatic N) is 4. The van der Waals surface area contributed by atoms with Gasteiger partial charge in [0, 0.05) is 36.9 Å². The number of aryl methyl sites for hydroxylation is 1. The van der Waals surface area contributed by atoms with Gasteiger partial charge in [-0.3, -0.25) is 0 Å². The van der Waals surface area contributed by atoms with Crippen LogP contribution >= 0.6 is 11.3 Å². The maximum absolute atomic E-state index is 5.49. The van der Waals surface area contributed by atoms with Crippen molar-refractivity contribution in [2.75, 3.05) is 25.2 Å². The first kappa shape index (κ1) is 16.3. The van der Waals surface area contributed by atoms with Crippen molar-refractivity contribution in [3.8, 4) is 0 Å². The van der Waals surface area contributed by atoms with E-state index in [2.05, 4.69) is 47.2 Å². The van der Waals surface area contributed by atoms with Crippen LogP contribution in [0.15, 0.2) is 11.4 Å². The van der Waals surface area contributed by atoms with Gasteiger partial charge in [-0.05, 0) is 13.3 Å². The van der Waals surface area contributed by atoms with Crippen LogP contribution in [0.25, 0.3) is 0 Å². The quantitative estimate of drug-likeness (QED) is 0.839. The summed E-state index contributed by atoms with van der Waals surface area (Å²) in [6, 6.07) is 2.10. The van der Waals surface area contributed by atoms with Crippen LogP contribution in [0.1, 0.15) is 54.3 Å². The first-order valence-electron chi connectivity index (χ1n) is 8.11. The van der Waals surface area contributed by atoms with Crippen molar-refractivity contribution in [3.63, 3.8) is 0 Å². The van der Waals surface area contributed by atoms with E-state index in [0.717, 1.165) is 49.2 Å². The summed E-state index contributed by atoms with van der Waals surface area (Å²) in [5.74, 6) is 2.65. The first-order chi connectivity index (χ1) is 11.0. The molecule has 124 valence electrons. The predicted molar refractivity (Wildman–Crippen MR) is 93.3 cm³/mol. The number of thiazole rings is 1. The highest BCUT2D eigenvalue weighted by atomic mass is 32.1. The van der Waals surface area contributed by atoms with E-state index in [0.29, 0.717) is 11.8 Å². The van der Waals surface area contributed by atoms with E-state index in [4.69, 9.17) is 9.72 Å². The number of hydrogen-bond acceptors (Lipinski definition) is 6. The van der Waals surface area contributed by atoms with Crippen molar-refractivity contribution in [2.24, 2.45) is 0 Å². The van der Waals surface area contributed by atoms with Gasteiger partial charge < -0.3 is 9.64 Å². The molecule has 1 unspecified atom stereocenters. The summed E-state index contributed by atoms with van der Waals surface area (Å²) in [7, 11) is 2.06. The zero-order valence-electron chi connectivity index (χ0n) is 14.2. The van der Waals surface area contributed by atoms with Gasteiger partial charge in [0.2, 0.25) is 0 Å². The molecule has 0 saturated carbocycles. The van der Waals surface area contributed by atoms with E-state index in [-0.39, 0.29) is 0 Å². The fourth-order valence-electron chi connectivity index (χ4n) is 2.73. The van der Waals surface area contributed by atoms with Gasteiger partial charge in [0.25, 0.3) is 0 Å². The van der Waals surface area contributed by atoms with E-state index in [9.17, 15) is 0 Å². The summed E-state index contributed by atoms with van der Waals surface area (Å²) >= 11 is 1.73. The van der Waals surface area contributed by atoms with Crippen molar-refractivity contribution in [1.29, 1.82) is 0 Å². The van der Waals surface area contributed by atoms with Crippen LogP contribution in [0.3, 0.4) is 0 Å². The van der Waals surface area contributed by atoms with Crippen LogP contribution < -0.4 is 4.90 Å².